The fourth-order valence-electron chi connectivity index (χ4n) is 2.25. The maximum Gasteiger partial charge on any atom is 0.221 e. The van der Waals surface area contributed by atoms with E-state index in [0.29, 0.717) is 11.5 Å². The van der Waals surface area contributed by atoms with E-state index in [4.69, 9.17) is 24.5 Å². The number of benzene rings is 2. The molecule has 0 amide bonds. The highest BCUT2D eigenvalue weighted by atomic mass is 17.5. The van der Waals surface area contributed by atoms with Crippen LogP contribution in [0.25, 0.3) is 0 Å². The molecule has 0 spiro atoms. The molecule has 0 radical (unpaired) electrons. The zero-order valence-corrected chi connectivity index (χ0v) is 14.7. The van der Waals surface area contributed by atoms with Crippen molar-refractivity contribution in [1.82, 2.24) is 16.1 Å². The van der Waals surface area contributed by atoms with Crippen LogP contribution in [0.15, 0.2) is 36.4 Å². The smallest absolute Gasteiger partial charge is 0.221 e. The van der Waals surface area contributed by atoms with E-state index in [1.807, 2.05) is 0 Å². The first kappa shape index (κ1) is 19.5. The van der Waals surface area contributed by atoms with Crippen LogP contribution in [-0.2, 0) is 20.0 Å². The molecule has 0 saturated carbocycles. The average molecular weight is 413 g/mol. The second-order valence-electron chi connectivity index (χ2n) is 5.54. The second kappa shape index (κ2) is 8.69. The number of quaternary nitrogens is 2. The van der Waals surface area contributed by atoms with Crippen LogP contribution in [0.1, 0.15) is 0 Å². The number of hydrogen-bond acceptors (Lipinski definition) is 13. The molecule has 2 aromatic rings. The van der Waals surface area contributed by atoms with E-state index in [1.54, 1.807) is 7.05 Å². The van der Waals surface area contributed by atoms with Gasteiger partial charge in [0.1, 0.15) is 0 Å². The van der Waals surface area contributed by atoms with Crippen LogP contribution in [0.4, 0.5) is 11.4 Å². The van der Waals surface area contributed by atoms with Crippen LogP contribution in [0.5, 0.6) is 23.0 Å². The first-order chi connectivity index (χ1) is 14.1. The Bertz CT molecular complexity index is 858. The van der Waals surface area contributed by atoms with E-state index < -0.39 is 10.5 Å². The standard InChI is InChI=1S/C14H15N5O10/c1-15-8-17(27-19(21)10-3-5-12-14(7-10)25-29-23-12)16-26-18(20)9-2-4-11-13(6-9)24-28-22-11/h2-7,15-16,18-19H,8H2,1H3. The lowest BCUT2D eigenvalue weighted by atomic mass is 10.3. The van der Waals surface area contributed by atoms with Gasteiger partial charge in [-0.05, 0) is 29.9 Å². The predicted octanol–water partition coefficient (Wildman–Crippen LogP) is -1.67. The SMILES string of the molecule is CNCN(NO[NH+]([O-])c1ccc2c(c1)OOO2)O[NH+]([O-])c1ccc2c(c1)OOO2. The molecule has 0 aliphatic carbocycles. The van der Waals surface area contributed by atoms with Crippen molar-refractivity contribution in [3.63, 3.8) is 0 Å². The summed E-state index contributed by atoms with van der Waals surface area (Å²) in [6, 6.07) is 8.53. The van der Waals surface area contributed by atoms with Gasteiger partial charge in [-0.2, -0.15) is 10.5 Å². The molecule has 2 unspecified atom stereocenters. The van der Waals surface area contributed by atoms with E-state index >= 15 is 0 Å². The third kappa shape index (κ3) is 4.45. The Balaban J connectivity index is 1.35. The summed E-state index contributed by atoms with van der Waals surface area (Å²) in [5.74, 6) is 1.06. The van der Waals surface area contributed by atoms with Crippen LogP contribution >= 0.6 is 0 Å². The molecule has 4 N–H and O–H groups in total. The predicted molar refractivity (Wildman–Crippen MR) is 86.6 cm³/mol. The van der Waals surface area contributed by atoms with Gasteiger partial charge >= 0.3 is 0 Å². The van der Waals surface area contributed by atoms with Crippen molar-refractivity contribution in [2.24, 2.45) is 0 Å². The number of hydrogen-bond donors (Lipinski definition) is 4. The maximum absolute atomic E-state index is 12.3. The Morgan fingerprint density at radius 1 is 0.862 bits per heavy atom. The Labute approximate surface area is 161 Å². The minimum atomic E-state index is -0.777. The Morgan fingerprint density at radius 2 is 1.41 bits per heavy atom. The van der Waals surface area contributed by atoms with Gasteiger partial charge in [-0.1, -0.05) is 9.88 Å². The van der Waals surface area contributed by atoms with Gasteiger partial charge in [0, 0.05) is 22.2 Å². The minimum absolute atomic E-state index is 0.0122. The van der Waals surface area contributed by atoms with Gasteiger partial charge in [-0.15, -0.1) is 0 Å². The van der Waals surface area contributed by atoms with Crippen LogP contribution in [0.3, 0.4) is 0 Å². The van der Waals surface area contributed by atoms with E-state index in [-0.39, 0.29) is 29.5 Å². The number of hydroxylamine groups is 1. The normalized spacial score (nSPS) is 16.3. The summed E-state index contributed by atoms with van der Waals surface area (Å²) in [5.41, 5.74) is 2.51. The quantitative estimate of drug-likeness (QED) is 0.210. The Morgan fingerprint density at radius 3 is 2.00 bits per heavy atom. The topological polar surface area (TPSA) is 156 Å². The minimum Gasteiger partial charge on any atom is -0.593 e. The van der Waals surface area contributed by atoms with Crippen LogP contribution in [0.2, 0.25) is 0 Å². The first-order valence-electron chi connectivity index (χ1n) is 8.06. The lowest BCUT2D eigenvalue weighted by Gasteiger charge is -2.27. The average Bonchev–Trinajstić information content (AvgIpc) is 3.39. The molecule has 0 fully saturated rings. The van der Waals surface area contributed by atoms with Crippen LogP contribution < -0.4 is 40.9 Å². The van der Waals surface area contributed by atoms with Gasteiger partial charge < -0.3 is 15.7 Å². The molecule has 4 rings (SSSR count). The Kier molecular flexibility index (Phi) is 5.85. The van der Waals surface area contributed by atoms with Gasteiger partial charge in [0.15, 0.2) is 11.4 Å². The first-order valence-corrected chi connectivity index (χ1v) is 8.06. The highest BCUT2D eigenvalue weighted by molar-refractivity contribution is 5.49. The Hall–Kier alpha value is -2.80. The molecule has 156 valence electrons. The second-order valence-corrected chi connectivity index (χ2v) is 5.54. The van der Waals surface area contributed by atoms with Crippen molar-refractivity contribution in [3.8, 4) is 23.0 Å². The highest BCUT2D eigenvalue weighted by Crippen LogP contribution is 2.34. The number of nitrogens with one attached hydrogen (secondary N) is 4. The molecule has 15 nitrogen and oxygen atoms in total. The van der Waals surface area contributed by atoms with Crippen molar-refractivity contribution in [2.75, 3.05) is 13.7 Å². The molecule has 2 atom stereocenters. The fraction of sp³-hybridized carbons (Fsp3) is 0.143. The summed E-state index contributed by atoms with van der Waals surface area (Å²) >= 11 is 0. The number of fused-ring (bicyclic) bond motifs is 2. The summed E-state index contributed by atoms with van der Waals surface area (Å²) in [7, 11) is 1.60. The van der Waals surface area contributed by atoms with Crippen LogP contribution in [-0.4, -0.2) is 18.9 Å². The molecule has 0 bridgehead atoms. The van der Waals surface area contributed by atoms with Gasteiger partial charge in [0.25, 0.3) is 0 Å². The van der Waals surface area contributed by atoms with Gasteiger partial charge in [-0.3, -0.25) is 19.6 Å². The summed E-state index contributed by atoms with van der Waals surface area (Å²) in [6.07, 6.45) is 0. The summed E-state index contributed by atoms with van der Waals surface area (Å²) in [5, 5.41) is 35.2. The largest absolute Gasteiger partial charge is 0.593 e. The van der Waals surface area contributed by atoms with Gasteiger partial charge in [0.05, 0.1) is 18.8 Å². The van der Waals surface area contributed by atoms with Gasteiger partial charge in [-0.25, -0.2) is 0 Å². The highest BCUT2D eigenvalue weighted by Gasteiger charge is 2.22. The van der Waals surface area contributed by atoms with Crippen molar-refractivity contribution in [1.29, 1.82) is 0 Å². The maximum atomic E-state index is 12.3. The summed E-state index contributed by atoms with van der Waals surface area (Å²) in [4.78, 5) is 28.9. The lowest BCUT2D eigenvalue weighted by molar-refractivity contribution is -1.06. The zero-order chi connectivity index (χ0) is 20.2. The van der Waals surface area contributed by atoms with E-state index in [1.165, 1.54) is 36.4 Å². The van der Waals surface area contributed by atoms with Crippen molar-refractivity contribution in [2.45, 2.75) is 0 Å². The van der Waals surface area contributed by atoms with E-state index in [9.17, 15) is 10.4 Å². The molecule has 0 aromatic heterocycles. The third-order valence-electron chi connectivity index (χ3n) is 3.59. The van der Waals surface area contributed by atoms with E-state index in [2.05, 4.69) is 25.9 Å². The molecule has 15 heteroatoms. The van der Waals surface area contributed by atoms with Crippen molar-refractivity contribution >= 4 is 11.4 Å². The fourth-order valence-corrected chi connectivity index (χ4v) is 2.25. The third-order valence-corrected chi connectivity index (χ3v) is 3.59. The molecule has 2 aromatic carbocycles. The molecule has 2 heterocycles. The monoisotopic (exact) mass is 413 g/mol. The molecular weight excluding hydrogens is 398 g/mol. The zero-order valence-electron chi connectivity index (χ0n) is 14.7. The van der Waals surface area contributed by atoms with Crippen molar-refractivity contribution in [3.05, 3.63) is 46.8 Å². The molecular formula is C14H15N5O10. The summed E-state index contributed by atoms with van der Waals surface area (Å²) < 4.78 is 0. The molecule has 29 heavy (non-hydrogen) atoms. The number of hydrazine groups is 1. The van der Waals surface area contributed by atoms with E-state index in [0.717, 1.165) is 5.17 Å². The van der Waals surface area contributed by atoms with Crippen molar-refractivity contribution < 1.29 is 50.0 Å². The molecule has 0 saturated heterocycles. The van der Waals surface area contributed by atoms with Crippen LogP contribution in [0, 0.1) is 10.4 Å². The lowest BCUT2D eigenvalue weighted by Crippen LogP contribution is -3.05. The number of rotatable bonds is 9. The number of nitrogens with zero attached hydrogens (tertiary/aromatic N) is 1. The van der Waals surface area contributed by atoms with Gasteiger partial charge in [0.2, 0.25) is 23.0 Å². The molecule has 2 aliphatic heterocycles. The summed E-state index contributed by atoms with van der Waals surface area (Å²) in [6.45, 7) is -0.0122. The molecule has 2 aliphatic rings.